The van der Waals surface area contributed by atoms with Crippen molar-refractivity contribution in [2.75, 3.05) is 13.4 Å². The summed E-state index contributed by atoms with van der Waals surface area (Å²) in [4.78, 5) is 11.4. The third kappa shape index (κ3) is 4.97. The first kappa shape index (κ1) is 13.7. The molecule has 0 amide bonds. The maximum atomic E-state index is 11.4. The molecule has 1 atom stereocenters. The molecule has 17 heavy (non-hydrogen) atoms. The van der Waals surface area contributed by atoms with Crippen LogP contribution in [0.5, 0.6) is 0 Å². The number of sulfonamides is 1. The molecule has 6 heteroatoms. The van der Waals surface area contributed by atoms with Gasteiger partial charge in [0.05, 0.1) is 13.4 Å². The summed E-state index contributed by atoms with van der Waals surface area (Å²) in [7, 11) is -2.22. The smallest absolute Gasteiger partial charge is 0.324 e. The molecule has 0 radical (unpaired) electrons. The van der Waals surface area contributed by atoms with Gasteiger partial charge in [0.2, 0.25) is 10.0 Å². The predicted octanol–water partition coefficient (Wildman–Crippen LogP) is 0.320. The molecule has 1 rings (SSSR count). The van der Waals surface area contributed by atoms with E-state index >= 15 is 0 Å². The van der Waals surface area contributed by atoms with Gasteiger partial charge in [0, 0.05) is 0 Å². The van der Waals surface area contributed by atoms with Crippen molar-refractivity contribution in [3.8, 4) is 0 Å². The Morgan fingerprint density at radius 1 is 1.35 bits per heavy atom. The van der Waals surface area contributed by atoms with Crippen LogP contribution in [-0.4, -0.2) is 33.8 Å². The first-order chi connectivity index (χ1) is 7.92. The first-order valence-electron chi connectivity index (χ1n) is 5.01. The Hall–Kier alpha value is -1.40. The largest absolute Gasteiger partial charge is 0.468 e. The molecule has 1 unspecified atom stereocenters. The Morgan fingerprint density at radius 3 is 2.41 bits per heavy atom. The topological polar surface area (TPSA) is 72.5 Å². The van der Waals surface area contributed by atoms with Crippen LogP contribution in [0.4, 0.5) is 0 Å². The van der Waals surface area contributed by atoms with Crippen LogP contribution in [0.2, 0.25) is 0 Å². The number of carbonyl (C=O) groups excluding carboxylic acids is 1. The highest BCUT2D eigenvalue weighted by atomic mass is 32.2. The van der Waals surface area contributed by atoms with Crippen molar-refractivity contribution in [2.45, 2.75) is 12.5 Å². The number of ether oxygens (including phenoxy) is 1. The van der Waals surface area contributed by atoms with Crippen molar-refractivity contribution < 1.29 is 17.9 Å². The molecule has 5 nitrogen and oxygen atoms in total. The van der Waals surface area contributed by atoms with E-state index in [0.29, 0.717) is 0 Å². The number of rotatable bonds is 5. The Balaban J connectivity index is 2.81. The minimum absolute atomic E-state index is 0.264. The standard InChI is InChI=1S/C11H15NO4S/c1-16-11(13)10(12-17(2,14)15)8-9-6-4-3-5-7-9/h3-7,10,12H,8H2,1-2H3. The van der Waals surface area contributed by atoms with Crippen LogP contribution >= 0.6 is 0 Å². The molecule has 0 saturated carbocycles. The fraction of sp³-hybridized carbons (Fsp3) is 0.364. The van der Waals surface area contributed by atoms with Crippen LogP contribution in [0.15, 0.2) is 30.3 Å². The maximum Gasteiger partial charge on any atom is 0.324 e. The van der Waals surface area contributed by atoms with Gasteiger partial charge in [0.25, 0.3) is 0 Å². The Kier molecular flexibility index (Phi) is 4.65. The molecule has 0 aromatic heterocycles. The molecule has 94 valence electrons. The summed E-state index contributed by atoms with van der Waals surface area (Å²) in [6.07, 6.45) is 1.27. The molecule has 1 N–H and O–H groups in total. The maximum absolute atomic E-state index is 11.4. The van der Waals surface area contributed by atoms with E-state index in [1.54, 1.807) is 0 Å². The lowest BCUT2D eigenvalue weighted by atomic mass is 10.1. The zero-order valence-corrected chi connectivity index (χ0v) is 10.5. The van der Waals surface area contributed by atoms with Crippen LogP contribution in [0, 0.1) is 0 Å². The summed E-state index contributed by atoms with van der Waals surface area (Å²) in [5.41, 5.74) is 0.860. The van der Waals surface area contributed by atoms with Crippen LogP contribution in [0.3, 0.4) is 0 Å². The number of benzene rings is 1. The Morgan fingerprint density at radius 2 is 1.94 bits per heavy atom. The number of hydrogen-bond donors (Lipinski definition) is 1. The molecule has 0 fully saturated rings. The van der Waals surface area contributed by atoms with E-state index in [9.17, 15) is 13.2 Å². The number of nitrogens with one attached hydrogen (secondary N) is 1. The molecular formula is C11H15NO4S. The van der Waals surface area contributed by atoms with E-state index in [-0.39, 0.29) is 6.42 Å². The number of methoxy groups -OCH3 is 1. The van der Waals surface area contributed by atoms with E-state index < -0.39 is 22.0 Å². The van der Waals surface area contributed by atoms with Crippen LogP contribution in [0.1, 0.15) is 5.56 Å². The van der Waals surface area contributed by atoms with Gasteiger partial charge in [-0.05, 0) is 12.0 Å². The molecule has 0 aliphatic heterocycles. The number of carbonyl (C=O) groups is 1. The van der Waals surface area contributed by atoms with Gasteiger partial charge in [0.1, 0.15) is 6.04 Å². The van der Waals surface area contributed by atoms with Gasteiger partial charge in [-0.2, -0.15) is 0 Å². The summed E-state index contributed by atoms with van der Waals surface area (Å²) in [6, 6.07) is 8.24. The second-order valence-corrected chi connectivity index (χ2v) is 5.44. The molecular weight excluding hydrogens is 242 g/mol. The molecule has 1 aromatic carbocycles. The summed E-state index contributed by atoms with van der Waals surface area (Å²) >= 11 is 0. The van der Waals surface area contributed by atoms with Crippen molar-refractivity contribution in [1.29, 1.82) is 0 Å². The average molecular weight is 257 g/mol. The molecule has 0 aliphatic carbocycles. The second-order valence-electron chi connectivity index (χ2n) is 3.66. The molecule has 1 aromatic rings. The van der Waals surface area contributed by atoms with Crippen molar-refractivity contribution in [2.24, 2.45) is 0 Å². The van der Waals surface area contributed by atoms with Gasteiger partial charge >= 0.3 is 5.97 Å². The highest BCUT2D eigenvalue weighted by molar-refractivity contribution is 7.88. The SMILES string of the molecule is COC(=O)C(Cc1ccccc1)NS(C)(=O)=O. The Bertz CT molecular complexity index is 470. The van der Waals surface area contributed by atoms with E-state index in [4.69, 9.17) is 0 Å². The lowest BCUT2D eigenvalue weighted by molar-refractivity contribution is -0.142. The zero-order chi connectivity index (χ0) is 12.9. The van der Waals surface area contributed by atoms with Crippen LogP contribution in [-0.2, 0) is 26.0 Å². The van der Waals surface area contributed by atoms with E-state index in [2.05, 4.69) is 9.46 Å². The van der Waals surface area contributed by atoms with Gasteiger partial charge in [-0.15, -0.1) is 0 Å². The van der Waals surface area contributed by atoms with Gasteiger partial charge in [-0.1, -0.05) is 30.3 Å². The summed E-state index contributed by atoms with van der Waals surface area (Å²) in [5.74, 6) is -0.598. The van der Waals surface area contributed by atoms with Crippen LogP contribution < -0.4 is 4.72 Å². The van der Waals surface area contributed by atoms with Crippen molar-refractivity contribution in [3.05, 3.63) is 35.9 Å². The van der Waals surface area contributed by atoms with Crippen molar-refractivity contribution >= 4 is 16.0 Å². The van der Waals surface area contributed by atoms with E-state index in [1.165, 1.54) is 7.11 Å². The van der Waals surface area contributed by atoms with Gasteiger partial charge in [-0.25, -0.2) is 13.1 Å². The summed E-state index contributed by atoms with van der Waals surface area (Å²) < 4.78 is 29.1. The average Bonchev–Trinajstić information content (AvgIpc) is 2.27. The van der Waals surface area contributed by atoms with Gasteiger partial charge in [0.15, 0.2) is 0 Å². The van der Waals surface area contributed by atoms with Gasteiger partial charge in [-0.3, -0.25) is 4.79 Å². The monoisotopic (exact) mass is 257 g/mol. The predicted molar refractivity (Wildman–Crippen MR) is 63.9 cm³/mol. The highest BCUT2D eigenvalue weighted by Crippen LogP contribution is 2.05. The number of hydrogen-bond acceptors (Lipinski definition) is 4. The third-order valence-corrected chi connectivity index (χ3v) is 2.84. The second kappa shape index (κ2) is 5.79. The fourth-order valence-corrected chi connectivity index (χ4v) is 2.12. The third-order valence-electron chi connectivity index (χ3n) is 2.12. The molecule has 0 saturated heterocycles. The number of esters is 1. The minimum Gasteiger partial charge on any atom is -0.468 e. The molecule has 0 aliphatic rings. The first-order valence-corrected chi connectivity index (χ1v) is 6.90. The van der Waals surface area contributed by atoms with Gasteiger partial charge < -0.3 is 4.74 Å². The minimum atomic E-state index is -3.45. The summed E-state index contributed by atoms with van der Waals surface area (Å²) in [6.45, 7) is 0. The van der Waals surface area contributed by atoms with Crippen molar-refractivity contribution in [1.82, 2.24) is 4.72 Å². The zero-order valence-electron chi connectivity index (χ0n) is 9.71. The lowest BCUT2D eigenvalue weighted by Gasteiger charge is -2.14. The molecule has 0 bridgehead atoms. The molecule has 0 heterocycles. The summed E-state index contributed by atoms with van der Waals surface area (Å²) in [5, 5.41) is 0. The van der Waals surface area contributed by atoms with E-state index in [0.717, 1.165) is 11.8 Å². The normalized spacial score (nSPS) is 13.1. The lowest BCUT2D eigenvalue weighted by Crippen LogP contribution is -2.42. The fourth-order valence-electron chi connectivity index (χ4n) is 1.42. The van der Waals surface area contributed by atoms with Crippen LogP contribution in [0.25, 0.3) is 0 Å². The molecule has 0 spiro atoms. The quantitative estimate of drug-likeness (QED) is 0.771. The highest BCUT2D eigenvalue weighted by Gasteiger charge is 2.22. The Labute approximate surface area is 101 Å². The van der Waals surface area contributed by atoms with Crippen molar-refractivity contribution in [3.63, 3.8) is 0 Å². The van der Waals surface area contributed by atoms with E-state index in [1.807, 2.05) is 30.3 Å².